The fourth-order valence-electron chi connectivity index (χ4n) is 2.02. The van der Waals surface area contributed by atoms with Crippen LogP contribution in [0.2, 0.25) is 0 Å². The Labute approximate surface area is 277 Å². The summed E-state index contributed by atoms with van der Waals surface area (Å²) < 4.78 is 40.0. The van der Waals surface area contributed by atoms with Crippen molar-refractivity contribution >= 4 is 87.8 Å². The minimum atomic E-state index is -1.44. The quantitative estimate of drug-likeness (QED) is 0.0506. The second-order valence-electron chi connectivity index (χ2n) is 6.10. The predicted octanol–water partition coefficient (Wildman–Crippen LogP) is -3.34. The van der Waals surface area contributed by atoms with Gasteiger partial charge in [0.05, 0.1) is 28.7 Å². The average molecular weight is 741 g/mol. The van der Waals surface area contributed by atoms with E-state index in [0.717, 1.165) is 13.3 Å². The van der Waals surface area contributed by atoms with Gasteiger partial charge in [-0.3, -0.25) is 0 Å². The molecule has 17 heteroatoms. The van der Waals surface area contributed by atoms with Gasteiger partial charge in [0.15, 0.2) is 6.54 Å². The number of nitrogens with zero attached hydrogens (tertiary/aromatic N) is 1. The van der Waals surface area contributed by atoms with Crippen molar-refractivity contribution in [1.29, 1.82) is 0 Å². The third-order valence-corrected chi connectivity index (χ3v) is 4.96. The Morgan fingerprint density at radius 2 is 1.50 bits per heavy atom. The first-order valence-corrected chi connectivity index (χ1v) is 11.0. The van der Waals surface area contributed by atoms with E-state index in [4.69, 9.17) is 10.3 Å². The Hall–Kier alpha value is -0.650. The van der Waals surface area contributed by atoms with E-state index in [1.807, 2.05) is 5.48 Å². The minimum absolute atomic E-state index is 0. The first kappa shape index (κ1) is 44.4. The number of benzene rings is 2. The summed E-state index contributed by atoms with van der Waals surface area (Å²) in [6, 6.07) is 9.52. The van der Waals surface area contributed by atoms with Crippen molar-refractivity contribution in [2.45, 2.75) is 19.4 Å². The van der Waals surface area contributed by atoms with E-state index in [9.17, 15) is 23.6 Å². The zero-order chi connectivity index (χ0) is 27.0. The molecule has 0 spiro atoms. The molecule has 38 heavy (non-hydrogen) atoms. The second-order valence-corrected chi connectivity index (χ2v) is 7.81. The Balaban J connectivity index is -0.000000233. The topological polar surface area (TPSA) is 140 Å². The number of nitrogens with one attached hydrogen (secondary N) is 1. The van der Waals surface area contributed by atoms with Crippen LogP contribution in [-0.4, -0.2) is 98.6 Å². The van der Waals surface area contributed by atoms with Crippen LogP contribution in [0.4, 0.5) is 8.78 Å². The fourth-order valence-corrected chi connectivity index (χ4v) is 2.84. The molecule has 3 N–H and O–H groups in total. The Morgan fingerprint density at radius 3 is 1.89 bits per heavy atom. The minimum Gasteiger partial charge on any atom is -1.00 e. The van der Waals surface area contributed by atoms with Crippen LogP contribution in [0, 0.1) is 16.8 Å². The molecular formula is C21H24Br2CaCl2F2N2O8. The van der Waals surface area contributed by atoms with Gasteiger partial charge in [0.1, 0.15) is 11.6 Å². The Morgan fingerprint density at radius 1 is 1.03 bits per heavy atom. The molecule has 0 saturated heterocycles. The number of esters is 2. The van der Waals surface area contributed by atoms with Crippen molar-refractivity contribution < 1.29 is 72.4 Å². The number of hydroxylamine groups is 2. The summed E-state index contributed by atoms with van der Waals surface area (Å²) in [6.07, 6.45) is -0.722. The molecular weight excluding hydrogens is 717 g/mol. The number of carbonyl (C=O) groups is 2. The summed E-state index contributed by atoms with van der Waals surface area (Å²) in [5, 5.41) is 28.0. The molecule has 2 rings (SSSR count). The number of carbonyl (C=O) groups excluding carboxylic acids is 2. The molecule has 210 valence electrons. The van der Waals surface area contributed by atoms with Gasteiger partial charge in [-0.25, -0.2) is 28.6 Å². The van der Waals surface area contributed by atoms with Crippen molar-refractivity contribution in [3.05, 3.63) is 73.3 Å². The van der Waals surface area contributed by atoms with Crippen LogP contribution in [0.3, 0.4) is 0 Å². The third-order valence-electron chi connectivity index (χ3n) is 3.74. The SMILES string of the molecule is COC(=O)/C=[N+](\[O-])Cc1cccc(Br)c1F.COC(=O)C(O)OC.ONCc1cccc(Br)c1F.[Ca+2].[Cl-].[Cl-]. The van der Waals surface area contributed by atoms with Crippen LogP contribution in [-0.2, 0) is 36.9 Å². The molecule has 0 bridgehead atoms. The van der Waals surface area contributed by atoms with Gasteiger partial charge in [-0.05, 0) is 50.1 Å². The number of ether oxygens (including phenoxy) is 3. The van der Waals surface area contributed by atoms with E-state index < -0.39 is 24.0 Å². The maximum atomic E-state index is 13.4. The van der Waals surface area contributed by atoms with Gasteiger partial charge in [-0.2, -0.15) is 0 Å². The van der Waals surface area contributed by atoms with Crippen LogP contribution in [0.15, 0.2) is 45.3 Å². The van der Waals surface area contributed by atoms with Gasteiger partial charge in [-0.1, -0.05) is 18.2 Å². The first-order chi connectivity index (χ1) is 16.5. The van der Waals surface area contributed by atoms with Gasteiger partial charge < -0.3 is 54.5 Å². The largest absolute Gasteiger partial charge is 2.00 e. The van der Waals surface area contributed by atoms with E-state index >= 15 is 0 Å². The van der Waals surface area contributed by atoms with Crippen LogP contribution in [0.1, 0.15) is 11.1 Å². The maximum Gasteiger partial charge on any atom is 2.00 e. The molecule has 0 heterocycles. The van der Waals surface area contributed by atoms with Gasteiger partial charge in [-0.15, -0.1) is 0 Å². The van der Waals surface area contributed by atoms with Crippen molar-refractivity contribution in [3.63, 3.8) is 0 Å². The van der Waals surface area contributed by atoms with Gasteiger partial charge in [0, 0.05) is 19.2 Å². The molecule has 0 aliphatic rings. The predicted molar refractivity (Wildman–Crippen MR) is 133 cm³/mol. The van der Waals surface area contributed by atoms with Gasteiger partial charge in [0.2, 0.25) is 0 Å². The number of hydrogen-bond donors (Lipinski definition) is 3. The zero-order valence-electron chi connectivity index (χ0n) is 20.3. The summed E-state index contributed by atoms with van der Waals surface area (Å²) in [6.45, 7) is -0.133. The van der Waals surface area contributed by atoms with E-state index in [2.05, 4.69) is 46.1 Å². The molecule has 1 unspecified atom stereocenters. The van der Waals surface area contributed by atoms with Gasteiger partial charge in [0.25, 0.3) is 12.5 Å². The number of halogens is 6. The van der Waals surface area contributed by atoms with Crippen molar-refractivity contribution in [2.75, 3.05) is 21.3 Å². The van der Waals surface area contributed by atoms with Crippen LogP contribution < -0.4 is 30.3 Å². The van der Waals surface area contributed by atoms with E-state index in [0.29, 0.717) is 14.8 Å². The van der Waals surface area contributed by atoms with Crippen molar-refractivity contribution in [1.82, 2.24) is 5.48 Å². The Bertz CT molecular complexity index is 1010. The summed E-state index contributed by atoms with van der Waals surface area (Å²) in [5.74, 6) is -2.41. The maximum absolute atomic E-state index is 13.4. The number of hydrogen-bond acceptors (Lipinski definition) is 9. The molecule has 1 atom stereocenters. The standard InChI is InChI=1S/C10H9BrFNO3.C7H7BrFNO.C4H8O4.Ca.2ClH/c1-16-9(14)6-13(15)5-7-3-2-4-8(11)10(7)12;8-6-3-1-2-5(4-10-11)7(6)9;1-7-3(5)4(6)8-2;;;/h2-4,6H,5H2,1H3;1-3,10-11H,4H2;3,5H,1-2H3;;2*1H/q;;;+2;;/p-2/b13-6-;;;;;. The second kappa shape index (κ2) is 25.3. The summed E-state index contributed by atoms with van der Waals surface area (Å²) >= 11 is 6.03. The number of methoxy groups -OCH3 is 3. The molecule has 10 nitrogen and oxygen atoms in total. The van der Waals surface area contributed by atoms with E-state index in [1.165, 1.54) is 26.4 Å². The molecule has 0 fully saturated rings. The van der Waals surface area contributed by atoms with Gasteiger partial charge >= 0.3 is 49.7 Å². The van der Waals surface area contributed by atoms with Crippen LogP contribution >= 0.6 is 31.9 Å². The fraction of sp³-hybridized carbons (Fsp3) is 0.286. The number of aliphatic hydroxyl groups excluding tert-OH is 1. The number of rotatable bonds is 7. The normalized spacial score (nSPS) is 10.4. The van der Waals surface area contributed by atoms with Crippen LogP contribution in [0.25, 0.3) is 0 Å². The molecule has 0 aliphatic carbocycles. The number of aliphatic hydroxyl groups is 1. The summed E-state index contributed by atoms with van der Waals surface area (Å²) in [7, 11) is 3.54. The smallest absolute Gasteiger partial charge is 1.00 e. The van der Waals surface area contributed by atoms with E-state index in [1.54, 1.807) is 24.3 Å². The Kier molecular flexibility index (Phi) is 29.6. The molecule has 0 amide bonds. The molecule has 0 radical (unpaired) electrons. The molecule has 0 aliphatic heterocycles. The molecule has 0 aromatic heterocycles. The summed E-state index contributed by atoms with van der Waals surface area (Å²) in [4.78, 5) is 20.9. The van der Waals surface area contributed by atoms with Crippen LogP contribution in [0.5, 0.6) is 0 Å². The van der Waals surface area contributed by atoms with Crippen molar-refractivity contribution in [3.8, 4) is 0 Å². The molecule has 2 aromatic rings. The molecule has 2 aromatic carbocycles. The van der Waals surface area contributed by atoms with E-state index in [-0.39, 0.29) is 91.5 Å². The third kappa shape index (κ3) is 17.8. The average Bonchev–Trinajstić information content (AvgIpc) is 2.84. The molecule has 0 saturated carbocycles. The monoisotopic (exact) mass is 738 g/mol. The summed E-state index contributed by atoms with van der Waals surface area (Å²) in [5.41, 5.74) is 2.52. The first-order valence-electron chi connectivity index (χ1n) is 9.40. The van der Waals surface area contributed by atoms with Crippen molar-refractivity contribution in [2.24, 2.45) is 0 Å². The zero-order valence-corrected chi connectivity index (χ0v) is 27.2.